The Morgan fingerprint density at radius 1 is 0.444 bits per heavy atom. The van der Waals surface area contributed by atoms with E-state index in [1.807, 2.05) is 234 Å². The third-order valence-electron chi connectivity index (χ3n) is 20.4. The summed E-state index contributed by atoms with van der Waals surface area (Å²) in [5.41, 5.74) is 41.4. The minimum atomic E-state index is -0.436. The van der Waals surface area contributed by atoms with Gasteiger partial charge in [-0.1, -0.05) is 66.8 Å². The fraction of sp³-hybridized carbons (Fsp3) is 0.170. The summed E-state index contributed by atoms with van der Waals surface area (Å²) in [6.45, 7) is 2.50. The van der Waals surface area contributed by atoms with Crippen molar-refractivity contribution in [1.29, 1.82) is 0 Å². The molecule has 36 nitrogen and oxygen atoms in total. The van der Waals surface area contributed by atoms with Gasteiger partial charge in [-0.3, -0.25) is 39.9 Å². The Morgan fingerprint density at radius 3 is 1.29 bits per heavy atom. The number of non-ortho nitro benzene ring substituents is 3. The summed E-state index contributed by atoms with van der Waals surface area (Å²) in [6, 6.07) is 53.3. The highest BCUT2D eigenvalue weighted by Gasteiger charge is 2.27. The second kappa shape index (κ2) is 36.9. The van der Waals surface area contributed by atoms with E-state index < -0.39 is 14.8 Å². The van der Waals surface area contributed by atoms with Crippen LogP contribution in [-0.4, -0.2) is 181 Å². The number of ketones is 2. The molecule has 20 rings (SSSR count). The highest BCUT2D eigenvalue weighted by Crippen LogP contribution is 2.34. The lowest BCUT2D eigenvalue weighted by atomic mass is 10.0. The first-order valence-electron chi connectivity index (χ1n) is 39.2. The van der Waals surface area contributed by atoms with Crippen molar-refractivity contribution < 1.29 is 24.4 Å². The normalized spacial score (nSPS) is 12.0. The van der Waals surface area contributed by atoms with Crippen molar-refractivity contribution in [2.75, 3.05) is 112 Å². The van der Waals surface area contributed by atoms with Gasteiger partial charge in [-0.05, 0) is 153 Å². The Kier molecular flexibility index (Phi) is 25.3. The SMILES string of the molecule is CN(C)c1nc2ccc(-n3ncc(C(=O)C4=Cc5ccccc5C4)c3N)cc2[nH]1.CN(C)c1nc2ccc(CN)cc2[nH]1.CN(C)c1nc2ccc(N)cc2[nH]1.CN(C)c1nc2ccc([N+](=O)[O-])cc2[nH]1.Cc1c(C(=O)C2=Cc3ccccc3C2)cnn1-c1ccc2nc(N(C)C)[nH]c2c1.O=[N+]([O-])c1ccc2c(c1)CC(=S)N2.O=[N+]([O-])c1ccc2nc(Br)[nH]c2c1. The number of anilines is 8. The first-order chi connectivity index (χ1) is 60.3. The first kappa shape index (κ1) is 86.5. The number of nitro groups is 3. The average Bonchev–Trinajstić information content (AvgIpc) is 1.63. The van der Waals surface area contributed by atoms with Gasteiger partial charge in [-0.15, -0.1) is 0 Å². The summed E-state index contributed by atoms with van der Waals surface area (Å²) in [7, 11) is 19.3. The van der Waals surface area contributed by atoms with Crippen LogP contribution in [0.4, 0.5) is 64.0 Å². The lowest BCUT2D eigenvalue weighted by Crippen LogP contribution is -2.09. The van der Waals surface area contributed by atoms with E-state index in [0.717, 1.165) is 146 Å². The molecule has 0 saturated heterocycles. The van der Waals surface area contributed by atoms with Crippen LogP contribution in [0, 0.1) is 37.3 Å². The van der Waals surface area contributed by atoms with Crippen LogP contribution in [0.15, 0.2) is 204 Å². The summed E-state index contributed by atoms with van der Waals surface area (Å²) < 4.78 is 3.97. The van der Waals surface area contributed by atoms with Crippen LogP contribution >= 0.6 is 28.1 Å². The molecule has 2 aliphatic carbocycles. The van der Waals surface area contributed by atoms with Crippen LogP contribution in [0.3, 0.4) is 0 Å². The molecule has 0 saturated carbocycles. The van der Waals surface area contributed by atoms with Crippen molar-refractivity contribution in [1.82, 2.24) is 79.4 Å². The largest absolute Gasteiger partial charge is 0.399 e. The van der Waals surface area contributed by atoms with E-state index in [2.05, 4.69) is 97.3 Å². The van der Waals surface area contributed by atoms with E-state index in [1.165, 1.54) is 35.9 Å². The maximum atomic E-state index is 13.1. The quantitative estimate of drug-likeness (QED) is 0.0150. The number of thiocarbonyl (C=S) groups is 1. The Balaban J connectivity index is 0.000000123. The number of nitrogen functional groups attached to an aromatic ring is 2. The fourth-order valence-electron chi connectivity index (χ4n) is 13.8. The topological polar surface area (TPSA) is 478 Å². The molecule has 8 aromatic heterocycles. The van der Waals surface area contributed by atoms with E-state index >= 15 is 0 Å². The molecule has 0 bridgehead atoms. The van der Waals surface area contributed by atoms with Gasteiger partial charge in [0.05, 0.1) is 127 Å². The molecular formula is C88H87BrN28O8S. The van der Waals surface area contributed by atoms with E-state index in [4.69, 9.17) is 29.4 Å². The molecular weight excluding hydrogens is 1690 g/mol. The van der Waals surface area contributed by atoms with Gasteiger partial charge >= 0.3 is 0 Å². The number of carbonyl (C=O) groups excluding carboxylic acids is 2. The maximum absolute atomic E-state index is 13.1. The number of carbonyl (C=O) groups is 2. The van der Waals surface area contributed by atoms with Crippen LogP contribution in [0.5, 0.6) is 0 Å². The number of benzene rings is 9. The number of nitrogens with two attached hydrogens (primary N) is 3. The molecule has 0 atom stereocenters. The second-order valence-corrected chi connectivity index (χ2v) is 31.7. The van der Waals surface area contributed by atoms with Crippen molar-refractivity contribution in [3.05, 3.63) is 285 Å². The van der Waals surface area contributed by atoms with Gasteiger partial charge in [0.1, 0.15) is 5.82 Å². The number of nitrogens with one attached hydrogen (secondary N) is 7. The van der Waals surface area contributed by atoms with Crippen molar-refractivity contribution in [2.24, 2.45) is 5.73 Å². The number of rotatable bonds is 15. The van der Waals surface area contributed by atoms with Crippen LogP contribution in [-0.2, 0) is 25.8 Å². The fourth-order valence-corrected chi connectivity index (χ4v) is 14.5. The summed E-state index contributed by atoms with van der Waals surface area (Å²) >= 11 is 8.10. The van der Waals surface area contributed by atoms with Crippen LogP contribution in [0.2, 0.25) is 0 Å². The number of hydrogen-bond acceptors (Lipinski definition) is 25. The third-order valence-corrected chi connectivity index (χ3v) is 21.1. The van der Waals surface area contributed by atoms with Gasteiger partial charge in [-0.2, -0.15) is 10.2 Å². The Morgan fingerprint density at radius 2 is 0.825 bits per heavy atom. The van der Waals surface area contributed by atoms with E-state index in [1.54, 1.807) is 41.3 Å². The van der Waals surface area contributed by atoms with Gasteiger partial charge in [0.25, 0.3) is 17.1 Å². The molecule has 0 fully saturated rings. The predicted octanol–water partition coefficient (Wildman–Crippen LogP) is 15.1. The Hall–Kier alpha value is -15.8. The number of fused-ring (bicyclic) bond motifs is 9. The zero-order chi connectivity index (χ0) is 89.6. The number of halogens is 1. The van der Waals surface area contributed by atoms with Gasteiger partial charge < -0.3 is 76.9 Å². The standard InChI is InChI=1S/C23H21N5O.C22H20N6O.C10H14N4.C9H10N4O2.C9H12N4.C8H6N2O2S.C7H4BrN3O2/c1-14-19(22(29)17-10-15-6-4-5-7-16(15)11-17)13-24-28(14)18-8-9-20-21(12-18)26-23(25-20)27(2)3;1-27(2)22-25-18-8-7-16(11-19(18)26-22)28-21(23)17(12-24-28)20(29)15-9-13-5-3-4-6-14(13)10-15;1-14(2)10-12-8-4-3-7(6-11)5-9(8)13-10;1-12(2)9-10-7-4-3-6(13(14)15)5-8(7)11-9;1-13(2)9-11-7-4-3-6(10)5-8(7)12-9;11-10(12)6-1-2-7-5(3-6)4-8(13)9-7;8-7-9-5-2-1-4(11(12)13)3-6(5)10-7/h4-10,12-13H,11H2,1-3H3,(H,25,26);3-9,11-12H,10,23H2,1-2H3,(H,25,26);3-5H,6,11H2,1-2H3,(H,12,13);3-5H,1-2H3,(H,10,11);3-5H,10H2,1-2H3,(H,11,12);1-3H,4H2,(H,9,13);1-3H,(H,9,10). The number of Topliss-reactive ketones (excluding diaryl/α,β-unsaturated/α-hetero) is 2. The summed E-state index contributed by atoms with van der Waals surface area (Å²) in [5, 5.41) is 43.2. The molecule has 0 unspecified atom stereocenters. The molecule has 13 N–H and O–H groups in total. The van der Waals surface area contributed by atoms with Gasteiger partial charge in [0, 0.05) is 155 Å². The number of nitro benzene ring substituents is 3. The molecule has 38 heteroatoms. The summed E-state index contributed by atoms with van der Waals surface area (Å²) in [4.78, 5) is 112. The van der Waals surface area contributed by atoms with Crippen molar-refractivity contribution in [2.45, 2.75) is 32.7 Å². The first-order valence-corrected chi connectivity index (χ1v) is 40.4. The average molecular weight is 1780 g/mol. The molecule has 640 valence electrons. The molecule has 0 spiro atoms. The lowest BCUT2D eigenvalue weighted by molar-refractivity contribution is -0.385. The van der Waals surface area contributed by atoms with E-state index in [0.29, 0.717) is 70.0 Å². The molecule has 0 amide bonds. The summed E-state index contributed by atoms with van der Waals surface area (Å²) in [5.74, 6) is 4.27. The van der Waals surface area contributed by atoms with Gasteiger partial charge in [0.2, 0.25) is 29.7 Å². The van der Waals surface area contributed by atoms with Crippen molar-refractivity contribution in [3.63, 3.8) is 0 Å². The maximum Gasteiger partial charge on any atom is 0.271 e. The number of nitrogens with zero attached hydrogens (tertiary/aromatic N) is 18. The van der Waals surface area contributed by atoms with Crippen LogP contribution in [0.1, 0.15) is 59.8 Å². The van der Waals surface area contributed by atoms with Crippen LogP contribution < -0.4 is 47.0 Å². The lowest BCUT2D eigenvalue weighted by Gasteiger charge is -2.06. The second-order valence-electron chi connectivity index (χ2n) is 30.4. The molecule has 3 aliphatic rings. The van der Waals surface area contributed by atoms with Crippen LogP contribution in [0.25, 0.3) is 89.7 Å². The van der Waals surface area contributed by atoms with Gasteiger partial charge in [-0.25, -0.2) is 39.3 Å². The molecule has 9 heterocycles. The zero-order valence-corrected chi connectivity index (χ0v) is 72.6. The van der Waals surface area contributed by atoms with E-state index in [9.17, 15) is 39.9 Å². The number of aromatic amines is 6. The minimum Gasteiger partial charge on any atom is -0.399 e. The predicted molar refractivity (Wildman–Crippen MR) is 503 cm³/mol. The van der Waals surface area contributed by atoms with Crippen molar-refractivity contribution >= 4 is 187 Å². The number of H-pyrrole nitrogens is 6. The molecule has 9 aromatic carbocycles. The van der Waals surface area contributed by atoms with Gasteiger partial charge in [0.15, 0.2) is 16.3 Å². The number of allylic oxidation sites excluding steroid dienone is 2. The number of aromatic nitrogens is 16. The summed E-state index contributed by atoms with van der Waals surface area (Å²) in [6.07, 6.45) is 9.04. The Labute approximate surface area is 732 Å². The number of hydrogen-bond donors (Lipinski definition) is 10. The minimum absolute atomic E-state index is 0.0439. The monoisotopic (exact) mass is 1770 g/mol. The Bertz CT molecular complexity index is 6920. The molecule has 17 aromatic rings. The smallest absolute Gasteiger partial charge is 0.271 e. The number of imidazole rings is 6. The molecule has 126 heavy (non-hydrogen) atoms. The molecule has 1 aliphatic heterocycles. The highest BCUT2D eigenvalue weighted by molar-refractivity contribution is 9.10. The third kappa shape index (κ3) is 19.4. The zero-order valence-electron chi connectivity index (χ0n) is 70.2. The van der Waals surface area contributed by atoms with Crippen molar-refractivity contribution in [3.8, 4) is 11.4 Å². The van der Waals surface area contributed by atoms with E-state index in [-0.39, 0.29) is 28.6 Å². The molecule has 0 radical (unpaired) electrons. The highest BCUT2D eigenvalue weighted by atomic mass is 79.9.